The summed E-state index contributed by atoms with van der Waals surface area (Å²) < 4.78 is 6.28. The maximum atomic E-state index is 12.4. The molecule has 5 heteroatoms. The van der Waals surface area contributed by atoms with E-state index in [1.165, 1.54) is 4.70 Å². The van der Waals surface area contributed by atoms with Crippen LogP contribution < -0.4 is 5.32 Å². The fourth-order valence-corrected chi connectivity index (χ4v) is 3.93. The molecule has 1 aromatic heterocycles. The van der Waals surface area contributed by atoms with Crippen molar-refractivity contribution in [1.82, 2.24) is 10.2 Å². The molecule has 0 unspecified atom stereocenters. The number of carbonyl (C=O) groups excluding carboxylic acids is 1. The third kappa shape index (κ3) is 3.48. The maximum absolute atomic E-state index is 12.4. The lowest BCUT2D eigenvalue weighted by atomic mass is 10.1. The summed E-state index contributed by atoms with van der Waals surface area (Å²) in [6.45, 7) is 4.67. The molecule has 1 atom stereocenters. The van der Waals surface area contributed by atoms with Crippen molar-refractivity contribution in [3.05, 3.63) is 35.2 Å². The second-order valence-corrected chi connectivity index (χ2v) is 6.71. The molecule has 1 fully saturated rings. The Labute approximate surface area is 135 Å². The highest BCUT2D eigenvalue weighted by molar-refractivity contribution is 7.17. The maximum Gasteiger partial charge on any atom is 0.252 e. The molecule has 4 nitrogen and oxygen atoms in total. The summed E-state index contributed by atoms with van der Waals surface area (Å²) in [6.07, 6.45) is 1.15. The number of hydrogen-bond donors (Lipinski definition) is 1. The number of fused-ring (bicyclic) bond motifs is 1. The Morgan fingerprint density at radius 1 is 1.45 bits per heavy atom. The van der Waals surface area contributed by atoms with E-state index >= 15 is 0 Å². The van der Waals surface area contributed by atoms with Crippen molar-refractivity contribution < 1.29 is 9.53 Å². The number of amides is 1. The highest BCUT2D eigenvalue weighted by atomic mass is 32.1. The minimum atomic E-state index is 0.0489. The smallest absolute Gasteiger partial charge is 0.252 e. The third-order valence-electron chi connectivity index (χ3n) is 4.26. The Balaban J connectivity index is 1.53. The van der Waals surface area contributed by atoms with Gasteiger partial charge in [0.15, 0.2) is 0 Å². The van der Waals surface area contributed by atoms with Gasteiger partial charge in [0.2, 0.25) is 0 Å². The van der Waals surface area contributed by atoms with Gasteiger partial charge < -0.3 is 15.0 Å². The van der Waals surface area contributed by atoms with Crippen LogP contribution in [0.2, 0.25) is 0 Å². The molecule has 1 aliphatic rings. The van der Waals surface area contributed by atoms with Crippen LogP contribution in [-0.4, -0.2) is 50.7 Å². The number of methoxy groups -OCH3 is 1. The molecule has 1 amide bonds. The van der Waals surface area contributed by atoms with Crippen molar-refractivity contribution in [1.29, 1.82) is 0 Å². The van der Waals surface area contributed by atoms with Gasteiger partial charge in [-0.05, 0) is 24.9 Å². The van der Waals surface area contributed by atoms with E-state index in [-0.39, 0.29) is 5.91 Å². The number of likely N-dealkylation sites (tertiary alicyclic amines) is 1. The molecular weight excluding hydrogens is 296 g/mol. The highest BCUT2D eigenvalue weighted by Gasteiger charge is 2.23. The Kier molecular flexibility index (Phi) is 5.08. The van der Waals surface area contributed by atoms with E-state index in [0.717, 1.165) is 50.2 Å². The Bertz CT molecular complexity index is 640. The van der Waals surface area contributed by atoms with Gasteiger partial charge in [-0.3, -0.25) is 4.79 Å². The summed E-state index contributed by atoms with van der Waals surface area (Å²) >= 11 is 1.63. The van der Waals surface area contributed by atoms with E-state index in [1.54, 1.807) is 18.4 Å². The molecule has 118 valence electrons. The number of thiophene rings is 1. The van der Waals surface area contributed by atoms with Crippen LogP contribution in [0.1, 0.15) is 16.8 Å². The molecule has 1 saturated heterocycles. The summed E-state index contributed by atoms with van der Waals surface area (Å²) in [7, 11) is 1.74. The zero-order valence-electron chi connectivity index (χ0n) is 12.9. The Morgan fingerprint density at radius 3 is 3.18 bits per heavy atom. The SMILES string of the molecule is COCCN1CC[C@H](CNC(=O)c2csc3ccccc23)C1. The van der Waals surface area contributed by atoms with E-state index in [4.69, 9.17) is 4.74 Å². The molecule has 3 rings (SSSR count). The number of ether oxygens (including phenoxy) is 1. The summed E-state index contributed by atoms with van der Waals surface area (Å²) in [5.41, 5.74) is 0.801. The zero-order chi connectivity index (χ0) is 15.4. The van der Waals surface area contributed by atoms with Crippen molar-refractivity contribution in [2.75, 3.05) is 39.9 Å². The fraction of sp³-hybridized carbons (Fsp3) is 0.471. The van der Waals surface area contributed by atoms with Crippen LogP contribution in [0.25, 0.3) is 10.1 Å². The van der Waals surface area contributed by atoms with Crippen LogP contribution in [0, 0.1) is 5.92 Å². The topological polar surface area (TPSA) is 41.6 Å². The number of nitrogens with one attached hydrogen (secondary N) is 1. The van der Waals surface area contributed by atoms with Crippen molar-refractivity contribution in [3.8, 4) is 0 Å². The molecule has 2 aromatic rings. The summed E-state index contributed by atoms with van der Waals surface area (Å²) in [5.74, 6) is 0.596. The monoisotopic (exact) mass is 318 g/mol. The van der Waals surface area contributed by atoms with E-state index in [0.29, 0.717) is 5.92 Å². The zero-order valence-corrected chi connectivity index (χ0v) is 13.7. The first-order valence-electron chi connectivity index (χ1n) is 7.73. The van der Waals surface area contributed by atoms with E-state index in [1.807, 2.05) is 23.6 Å². The van der Waals surface area contributed by atoms with Crippen LogP contribution in [0.4, 0.5) is 0 Å². The Hall–Kier alpha value is -1.43. The van der Waals surface area contributed by atoms with Crippen LogP contribution in [0.15, 0.2) is 29.6 Å². The van der Waals surface area contributed by atoms with Crippen molar-refractivity contribution >= 4 is 27.3 Å². The average molecular weight is 318 g/mol. The first-order valence-corrected chi connectivity index (χ1v) is 8.61. The van der Waals surface area contributed by atoms with E-state index in [9.17, 15) is 4.79 Å². The van der Waals surface area contributed by atoms with Crippen LogP contribution >= 0.6 is 11.3 Å². The second kappa shape index (κ2) is 7.22. The van der Waals surface area contributed by atoms with Crippen molar-refractivity contribution in [2.24, 2.45) is 5.92 Å². The minimum absolute atomic E-state index is 0.0489. The summed E-state index contributed by atoms with van der Waals surface area (Å²) in [4.78, 5) is 14.8. The highest BCUT2D eigenvalue weighted by Crippen LogP contribution is 2.25. The van der Waals surface area contributed by atoms with Gasteiger partial charge in [0.25, 0.3) is 5.91 Å². The number of nitrogens with zero attached hydrogens (tertiary/aromatic N) is 1. The molecule has 0 aliphatic carbocycles. The lowest BCUT2D eigenvalue weighted by Gasteiger charge is -2.15. The van der Waals surface area contributed by atoms with Crippen molar-refractivity contribution in [3.63, 3.8) is 0 Å². The molecule has 0 spiro atoms. The molecule has 0 radical (unpaired) electrons. The molecule has 2 heterocycles. The lowest BCUT2D eigenvalue weighted by Crippen LogP contribution is -2.31. The van der Waals surface area contributed by atoms with Gasteiger partial charge in [-0.2, -0.15) is 0 Å². The van der Waals surface area contributed by atoms with Gasteiger partial charge >= 0.3 is 0 Å². The van der Waals surface area contributed by atoms with E-state index in [2.05, 4.69) is 16.3 Å². The van der Waals surface area contributed by atoms with Crippen LogP contribution in [0.5, 0.6) is 0 Å². The van der Waals surface area contributed by atoms with Crippen molar-refractivity contribution in [2.45, 2.75) is 6.42 Å². The van der Waals surface area contributed by atoms with Gasteiger partial charge in [-0.1, -0.05) is 18.2 Å². The lowest BCUT2D eigenvalue weighted by molar-refractivity contribution is 0.0949. The predicted octanol–water partition coefficient (Wildman–Crippen LogP) is 2.60. The molecule has 22 heavy (non-hydrogen) atoms. The second-order valence-electron chi connectivity index (χ2n) is 5.80. The number of carbonyl (C=O) groups is 1. The van der Waals surface area contributed by atoms with Gasteiger partial charge in [0, 0.05) is 42.2 Å². The Morgan fingerprint density at radius 2 is 2.32 bits per heavy atom. The molecule has 1 N–H and O–H groups in total. The number of benzene rings is 1. The minimum Gasteiger partial charge on any atom is -0.383 e. The van der Waals surface area contributed by atoms with Gasteiger partial charge in [0.05, 0.1) is 12.2 Å². The first kappa shape index (κ1) is 15.5. The summed E-state index contributed by atoms with van der Waals surface area (Å²) in [5, 5.41) is 6.12. The molecule has 0 bridgehead atoms. The number of hydrogen-bond acceptors (Lipinski definition) is 4. The fourth-order valence-electron chi connectivity index (χ4n) is 2.99. The molecule has 1 aliphatic heterocycles. The van der Waals surface area contributed by atoms with Gasteiger partial charge in [-0.25, -0.2) is 0 Å². The average Bonchev–Trinajstić information content (AvgIpc) is 3.17. The third-order valence-corrected chi connectivity index (χ3v) is 5.22. The molecular formula is C17H22N2O2S. The standard InChI is InChI=1S/C17H22N2O2S/c1-21-9-8-19-7-6-13(11-19)10-18-17(20)15-12-22-16-5-3-2-4-14(15)16/h2-5,12-13H,6-11H2,1H3,(H,18,20)/t13-/m1/s1. The van der Waals surface area contributed by atoms with Gasteiger partial charge in [-0.15, -0.1) is 11.3 Å². The predicted molar refractivity (Wildman–Crippen MR) is 90.6 cm³/mol. The normalized spacial score (nSPS) is 18.9. The molecule has 0 saturated carbocycles. The summed E-state index contributed by atoms with van der Waals surface area (Å²) in [6, 6.07) is 8.06. The van der Waals surface area contributed by atoms with Gasteiger partial charge in [0.1, 0.15) is 0 Å². The first-order chi connectivity index (χ1) is 10.8. The number of rotatable bonds is 6. The molecule has 1 aromatic carbocycles. The quantitative estimate of drug-likeness (QED) is 0.890. The van der Waals surface area contributed by atoms with Crippen LogP contribution in [-0.2, 0) is 4.74 Å². The van der Waals surface area contributed by atoms with Crippen LogP contribution in [0.3, 0.4) is 0 Å². The van der Waals surface area contributed by atoms with E-state index < -0.39 is 0 Å². The largest absolute Gasteiger partial charge is 0.383 e.